The second-order valence-electron chi connectivity index (χ2n) is 6.72. The maximum Gasteiger partial charge on any atom is 0.282 e. The maximum atomic E-state index is 13.2. The molecule has 3 aromatic carbocycles. The number of amides is 1. The van der Waals surface area contributed by atoms with Gasteiger partial charge in [-0.15, -0.1) is 0 Å². The highest BCUT2D eigenvalue weighted by atomic mass is 16.2. The first kappa shape index (κ1) is 17.0. The van der Waals surface area contributed by atoms with Crippen molar-refractivity contribution >= 4 is 23.5 Å². The van der Waals surface area contributed by atoms with Crippen LogP contribution in [0.5, 0.6) is 0 Å². The van der Waals surface area contributed by atoms with Crippen molar-refractivity contribution in [1.29, 1.82) is 0 Å². The van der Waals surface area contributed by atoms with Crippen LogP contribution in [-0.2, 0) is 4.79 Å². The van der Waals surface area contributed by atoms with Crippen molar-refractivity contribution in [2.24, 2.45) is 4.99 Å². The van der Waals surface area contributed by atoms with Crippen LogP contribution in [0.25, 0.3) is 6.08 Å². The van der Waals surface area contributed by atoms with E-state index >= 15 is 0 Å². The normalized spacial score (nSPS) is 15.3. The molecular weight excluding hydrogens is 332 g/mol. The van der Waals surface area contributed by atoms with E-state index in [0.717, 1.165) is 27.9 Å². The fraction of sp³-hybridized carbons (Fsp3) is 0.0833. The highest BCUT2D eigenvalue weighted by Gasteiger charge is 2.32. The van der Waals surface area contributed by atoms with E-state index in [1.54, 1.807) is 4.90 Å². The standard InChI is InChI=1S/C24H20N2O/c1-17-8-6-12-20(14-17)23-25-22(16-19-10-4-3-5-11-19)24(27)26(23)21-13-7-9-18(2)15-21/h3-16H,1-2H3/b22-16+. The number of anilines is 1. The van der Waals surface area contributed by atoms with Crippen LogP contribution in [0.4, 0.5) is 5.69 Å². The highest BCUT2D eigenvalue weighted by Crippen LogP contribution is 2.28. The van der Waals surface area contributed by atoms with Gasteiger partial charge < -0.3 is 0 Å². The topological polar surface area (TPSA) is 32.7 Å². The van der Waals surface area contributed by atoms with E-state index in [4.69, 9.17) is 4.99 Å². The summed E-state index contributed by atoms with van der Waals surface area (Å²) in [5.74, 6) is 0.553. The molecule has 0 aliphatic carbocycles. The zero-order chi connectivity index (χ0) is 18.8. The van der Waals surface area contributed by atoms with Crippen LogP contribution in [0.3, 0.4) is 0 Å². The second kappa shape index (κ2) is 7.04. The van der Waals surface area contributed by atoms with Crippen LogP contribution in [0, 0.1) is 13.8 Å². The molecular formula is C24H20N2O. The zero-order valence-corrected chi connectivity index (χ0v) is 15.4. The summed E-state index contributed by atoms with van der Waals surface area (Å²) in [6, 6.07) is 25.8. The Morgan fingerprint density at radius 1 is 0.815 bits per heavy atom. The number of hydrogen-bond donors (Lipinski definition) is 0. The molecule has 0 bridgehead atoms. The minimum absolute atomic E-state index is 0.110. The number of benzene rings is 3. The molecule has 0 unspecified atom stereocenters. The van der Waals surface area contributed by atoms with Crippen molar-refractivity contribution in [3.8, 4) is 0 Å². The van der Waals surface area contributed by atoms with Gasteiger partial charge in [-0.3, -0.25) is 9.69 Å². The molecule has 3 aromatic rings. The van der Waals surface area contributed by atoms with Gasteiger partial charge in [-0.05, 0) is 49.2 Å². The first-order chi connectivity index (χ1) is 13.1. The van der Waals surface area contributed by atoms with Gasteiger partial charge in [0.1, 0.15) is 11.5 Å². The molecule has 0 saturated carbocycles. The molecule has 1 aliphatic heterocycles. The summed E-state index contributed by atoms with van der Waals surface area (Å²) in [5, 5.41) is 0. The van der Waals surface area contributed by atoms with E-state index < -0.39 is 0 Å². The number of nitrogens with zero attached hydrogens (tertiary/aromatic N) is 2. The van der Waals surface area contributed by atoms with E-state index in [1.807, 2.05) is 92.7 Å². The predicted octanol–water partition coefficient (Wildman–Crippen LogP) is 5.14. The van der Waals surface area contributed by atoms with Crippen molar-refractivity contribution in [2.45, 2.75) is 13.8 Å². The zero-order valence-electron chi connectivity index (χ0n) is 15.4. The molecule has 1 aliphatic rings. The minimum atomic E-state index is -0.110. The molecule has 0 fully saturated rings. The van der Waals surface area contributed by atoms with Crippen molar-refractivity contribution in [2.75, 3.05) is 4.90 Å². The van der Waals surface area contributed by atoms with Crippen LogP contribution in [0.1, 0.15) is 22.3 Å². The Hall–Kier alpha value is -3.46. The SMILES string of the molecule is Cc1cccc(C2=N/C(=C/c3ccccc3)C(=O)N2c2cccc(C)c2)c1. The molecule has 0 spiro atoms. The summed E-state index contributed by atoms with van der Waals surface area (Å²) >= 11 is 0. The van der Waals surface area contributed by atoms with Crippen molar-refractivity contribution < 1.29 is 4.79 Å². The Morgan fingerprint density at radius 2 is 1.52 bits per heavy atom. The number of carbonyl (C=O) groups excluding carboxylic acids is 1. The van der Waals surface area contributed by atoms with Crippen molar-refractivity contribution in [3.63, 3.8) is 0 Å². The van der Waals surface area contributed by atoms with Gasteiger partial charge in [-0.1, -0.05) is 66.2 Å². The summed E-state index contributed by atoms with van der Waals surface area (Å²) in [6.07, 6.45) is 1.84. The average molecular weight is 352 g/mol. The largest absolute Gasteiger partial charge is 0.282 e. The summed E-state index contributed by atoms with van der Waals surface area (Å²) in [4.78, 5) is 19.7. The second-order valence-corrected chi connectivity index (χ2v) is 6.72. The summed E-state index contributed by atoms with van der Waals surface area (Å²) in [6.45, 7) is 4.06. The fourth-order valence-corrected chi connectivity index (χ4v) is 3.21. The van der Waals surface area contributed by atoms with Gasteiger partial charge in [0.2, 0.25) is 0 Å². The van der Waals surface area contributed by atoms with Gasteiger partial charge in [-0.2, -0.15) is 0 Å². The minimum Gasteiger partial charge on any atom is -0.266 e. The third-order valence-corrected chi connectivity index (χ3v) is 4.50. The number of hydrogen-bond acceptors (Lipinski definition) is 2. The van der Waals surface area contributed by atoms with Gasteiger partial charge in [0.05, 0.1) is 5.69 Å². The molecule has 0 aromatic heterocycles. The van der Waals surface area contributed by atoms with Gasteiger partial charge in [-0.25, -0.2) is 4.99 Å². The van der Waals surface area contributed by atoms with Crippen LogP contribution >= 0.6 is 0 Å². The lowest BCUT2D eigenvalue weighted by Crippen LogP contribution is -2.32. The van der Waals surface area contributed by atoms with E-state index in [2.05, 4.69) is 6.07 Å². The van der Waals surface area contributed by atoms with E-state index in [-0.39, 0.29) is 5.91 Å². The van der Waals surface area contributed by atoms with E-state index in [9.17, 15) is 4.79 Å². The Bertz CT molecular complexity index is 1060. The van der Waals surface area contributed by atoms with Crippen LogP contribution < -0.4 is 4.90 Å². The van der Waals surface area contributed by atoms with Gasteiger partial charge in [0.15, 0.2) is 0 Å². The van der Waals surface area contributed by atoms with Gasteiger partial charge in [0.25, 0.3) is 5.91 Å². The van der Waals surface area contributed by atoms with Crippen molar-refractivity contribution in [1.82, 2.24) is 0 Å². The Balaban J connectivity index is 1.85. The van der Waals surface area contributed by atoms with Crippen LogP contribution in [0.15, 0.2) is 89.6 Å². The summed E-state index contributed by atoms with van der Waals surface area (Å²) < 4.78 is 0. The highest BCUT2D eigenvalue weighted by molar-refractivity contribution is 6.33. The molecule has 132 valence electrons. The molecule has 0 radical (unpaired) electrons. The predicted molar refractivity (Wildman–Crippen MR) is 111 cm³/mol. The molecule has 0 saturated heterocycles. The van der Waals surface area contributed by atoms with Crippen molar-refractivity contribution in [3.05, 3.63) is 107 Å². The summed E-state index contributed by atoms with van der Waals surface area (Å²) in [7, 11) is 0. The Kier molecular flexibility index (Phi) is 4.43. The molecule has 0 N–H and O–H groups in total. The van der Waals surface area contributed by atoms with E-state index in [1.165, 1.54) is 0 Å². The molecule has 3 heteroatoms. The van der Waals surface area contributed by atoms with E-state index in [0.29, 0.717) is 11.5 Å². The number of rotatable bonds is 3. The lowest BCUT2D eigenvalue weighted by Gasteiger charge is -2.19. The number of amidine groups is 1. The molecule has 27 heavy (non-hydrogen) atoms. The van der Waals surface area contributed by atoms with Gasteiger partial charge in [0, 0.05) is 5.56 Å². The number of carbonyl (C=O) groups is 1. The molecule has 1 heterocycles. The smallest absolute Gasteiger partial charge is 0.266 e. The molecule has 1 amide bonds. The van der Waals surface area contributed by atoms with Gasteiger partial charge >= 0.3 is 0 Å². The van der Waals surface area contributed by atoms with Crippen LogP contribution in [0.2, 0.25) is 0 Å². The lowest BCUT2D eigenvalue weighted by molar-refractivity contribution is -0.113. The third kappa shape index (κ3) is 3.44. The molecule has 3 nitrogen and oxygen atoms in total. The Labute approximate surface area is 159 Å². The first-order valence-corrected chi connectivity index (χ1v) is 8.95. The molecule has 4 rings (SSSR count). The number of aliphatic imine (C=N–C) groups is 1. The quantitative estimate of drug-likeness (QED) is 0.601. The lowest BCUT2D eigenvalue weighted by atomic mass is 10.1. The Morgan fingerprint density at radius 3 is 2.22 bits per heavy atom. The maximum absolute atomic E-state index is 13.2. The third-order valence-electron chi connectivity index (χ3n) is 4.50. The fourth-order valence-electron chi connectivity index (χ4n) is 3.21. The molecule has 0 atom stereocenters. The number of aryl methyl sites for hydroxylation is 2. The monoisotopic (exact) mass is 352 g/mol. The summed E-state index contributed by atoms with van der Waals surface area (Å²) in [5.41, 5.74) is 5.40. The average Bonchev–Trinajstić information content (AvgIpc) is 2.99. The van der Waals surface area contributed by atoms with Crippen LogP contribution in [-0.4, -0.2) is 11.7 Å². The first-order valence-electron chi connectivity index (χ1n) is 8.95.